The molecule has 1 N–H and O–H groups in total. The van der Waals surface area contributed by atoms with Crippen LogP contribution in [-0.4, -0.2) is 49.4 Å². The number of likely N-dealkylation sites (tertiary alicyclic amines) is 1. The third kappa shape index (κ3) is 4.04. The molecule has 0 atom stereocenters. The summed E-state index contributed by atoms with van der Waals surface area (Å²) in [5.41, 5.74) is 3.67. The number of benzene rings is 1. The van der Waals surface area contributed by atoms with Gasteiger partial charge in [-0.2, -0.15) is 0 Å². The number of nitrogens with zero attached hydrogens (tertiary/aromatic N) is 1. The van der Waals surface area contributed by atoms with Crippen molar-refractivity contribution in [2.75, 3.05) is 38.2 Å². The van der Waals surface area contributed by atoms with Crippen molar-refractivity contribution in [1.29, 1.82) is 0 Å². The number of nitrogens with one attached hydrogen (secondary N) is 1. The van der Waals surface area contributed by atoms with Crippen molar-refractivity contribution in [3.8, 4) is 0 Å². The first kappa shape index (κ1) is 19.2. The van der Waals surface area contributed by atoms with Crippen LogP contribution < -0.4 is 5.32 Å². The van der Waals surface area contributed by atoms with Gasteiger partial charge in [-0.1, -0.05) is 45.9 Å². The Morgan fingerprint density at radius 1 is 1.08 bits per heavy atom. The molecule has 1 spiro atoms. The molecule has 144 valence electrons. The molecule has 1 amide bonds. The summed E-state index contributed by atoms with van der Waals surface area (Å²) in [5, 5.41) is 3.45. The van der Waals surface area contributed by atoms with Gasteiger partial charge in [-0.05, 0) is 23.0 Å². The maximum Gasteiger partial charge on any atom is 0.241 e. The van der Waals surface area contributed by atoms with Crippen LogP contribution in [0.25, 0.3) is 0 Å². The van der Waals surface area contributed by atoms with E-state index < -0.39 is 5.79 Å². The van der Waals surface area contributed by atoms with Gasteiger partial charge in [0.25, 0.3) is 0 Å². The van der Waals surface area contributed by atoms with E-state index in [0.29, 0.717) is 44.7 Å². The highest BCUT2D eigenvalue weighted by Crippen LogP contribution is 2.33. The molecule has 26 heavy (non-hydrogen) atoms. The monoisotopic (exact) mass is 360 g/mol. The lowest BCUT2D eigenvalue weighted by atomic mass is 9.92. The molecule has 2 fully saturated rings. The summed E-state index contributed by atoms with van der Waals surface area (Å²) in [6, 6.07) is 6.43. The Labute approximate surface area is 157 Å². The topological polar surface area (TPSA) is 50.8 Å². The summed E-state index contributed by atoms with van der Waals surface area (Å²) in [6.07, 6.45) is 1.52. The van der Waals surface area contributed by atoms with Gasteiger partial charge in [-0.3, -0.25) is 4.79 Å². The fraction of sp³-hybridized carbons (Fsp3) is 0.667. The molecule has 0 radical (unpaired) electrons. The van der Waals surface area contributed by atoms with E-state index in [-0.39, 0.29) is 5.91 Å². The van der Waals surface area contributed by atoms with Crippen LogP contribution in [0.5, 0.6) is 0 Å². The third-order valence-electron chi connectivity index (χ3n) is 5.48. The first-order chi connectivity index (χ1) is 12.4. The van der Waals surface area contributed by atoms with Gasteiger partial charge in [0.05, 0.1) is 19.8 Å². The molecule has 0 bridgehead atoms. The lowest BCUT2D eigenvalue weighted by molar-refractivity contribution is -0.187. The van der Waals surface area contributed by atoms with Crippen LogP contribution in [0.15, 0.2) is 18.2 Å². The molecule has 5 nitrogen and oxygen atoms in total. The quantitative estimate of drug-likeness (QED) is 0.870. The number of piperidine rings is 1. The lowest BCUT2D eigenvalue weighted by Crippen LogP contribution is -2.48. The second-order valence-electron chi connectivity index (χ2n) is 7.96. The van der Waals surface area contributed by atoms with Crippen molar-refractivity contribution in [3.05, 3.63) is 29.3 Å². The molecule has 0 saturated carbocycles. The van der Waals surface area contributed by atoms with Crippen molar-refractivity contribution >= 4 is 11.6 Å². The summed E-state index contributed by atoms with van der Waals surface area (Å²) in [4.78, 5) is 14.6. The van der Waals surface area contributed by atoms with Gasteiger partial charge in [-0.15, -0.1) is 0 Å². The first-order valence-electron chi connectivity index (χ1n) is 9.84. The van der Waals surface area contributed by atoms with Crippen LogP contribution in [0, 0.1) is 0 Å². The number of rotatable bonds is 5. The predicted octanol–water partition coefficient (Wildman–Crippen LogP) is 3.71. The van der Waals surface area contributed by atoms with Crippen LogP contribution in [-0.2, 0) is 14.3 Å². The van der Waals surface area contributed by atoms with Gasteiger partial charge in [0.1, 0.15) is 0 Å². The van der Waals surface area contributed by atoms with E-state index in [0.717, 1.165) is 18.5 Å². The molecule has 2 aliphatic heterocycles. The molecule has 2 saturated heterocycles. The molecular formula is C21H32N2O3. The summed E-state index contributed by atoms with van der Waals surface area (Å²) in [5.74, 6) is 0.543. The standard InChI is InChI=1S/C21H32N2O3/c1-15(2)17-6-5-7-18(16(3)4)20(17)22-14-19(24)23-10-8-21(9-11-23)25-12-13-26-21/h5-7,15-16,22H,8-14H2,1-4H3. The molecule has 5 heteroatoms. The average molecular weight is 360 g/mol. The SMILES string of the molecule is CC(C)c1cccc(C(C)C)c1NCC(=O)N1CCC2(CC1)OCCO2. The smallest absolute Gasteiger partial charge is 0.241 e. The summed E-state index contributed by atoms with van der Waals surface area (Å²) < 4.78 is 11.5. The highest BCUT2D eigenvalue weighted by atomic mass is 16.7. The number of ether oxygens (including phenoxy) is 2. The molecule has 0 aromatic heterocycles. The maximum absolute atomic E-state index is 12.7. The Hall–Kier alpha value is -1.59. The van der Waals surface area contributed by atoms with E-state index in [4.69, 9.17) is 9.47 Å². The van der Waals surface area contributed by atoms with E-state index in [9.17, 15) is 4.79 Å². The Kier molecular flexibility index (Phi) is 5.88. The second kappa shape index (κ2) is 7.97. The Balaban J connectivity index is 1.63. The van der Waals surface area contributed by atoms with Crippen molar-refractivity contribution in [2.24, 2.45) is 0 Å². The Morgan fingerprint density at radius 3 is 2.12 bits per heavy atom. The van der Waals surface area contributed by atoms with Crippen molar-refractivity contribution in [1.82, 2.24) is 4.90 Å². The number of hydrogen-bond donors (Lipinski definition) is 1. The summed E-state index contributed by atoms with van der Waals surface area (Å²) >= 11 is 0. The molecule has 1 aromatic rings. The zero-order valence-electron chi connectivity index (χ0n) is 16.5. The highest BCUT2D eigenvalue weighted by molar-refractivity contribution is 5.81. The van der Waals surface area contributed by atoms with Crippen LogP contribution in [0.1, 0.15) is 63.5 Å². The molecule has 3 rings (SSSR count). The van der Waals surface area contributed by atoms with E-state index in [2.05, 4.69) is 51.2 Å². The minimum Gasteiger partial charge on any atom is -0.376 e. The number of anilines is 1. The van der Waals surface area contributed by atoms with Gasteiger partial charge in [0.15, 0.2) is 5.79 Å². The normalized spacial score (nSPS) is 19.5. The largest absolute Gasteiger partial charge is 0.376 e. The molecule has 2 heterocycles. The molecular weight excluding hydrogens is 328 g/mol. The first-order valence-corrected chi connectivity index (χ1v) is 9.84. The highest BCUT2D eigenvalue weighted by Gasteiger charge is 2.40. The van der Waals surface area contributed by atoms with Crippen LogP contribution >= 0.6 is 0 Å². The van der Waals surface area contributed by atoms with E-state index in [1.807, 2.05) is 4.90 Å². The second-order valence-corrected chi connectivity index (χ2v) is 7.96. The van der Waals surface area contributed by atoms with Crippen LogP contribution in [0.2, 0.25) is 0 Å². The van der Waals surface area contributed by atoms with Gasteiger partial charge >= 0.3 is 0 Å². The van der Waals surface area contributed by atoms with E-state index in [1.165, 1.54) is 11.1 Å². The van der Waals surface area contributed by atoms with E-state index in [1.54, 1.807) is 0 Å². The van der Waals surface area contributed by atoms with Gasteiger partial charge in [0.2, 0.25) is 5.91 Å². The van der Waals surface area contributed by atoms with Gasteiger partial charge in [-0.25, -0.2) is 0 Å². The lowest BCUT2D eigenvalue weighted by Gasteiger charge is -2.37. The molecule has 2 aliphatic rings. The number of carbonyl (C=O) groups is 1. The fourth-order valence-electron chi connectivity index (χ4n) is 3.91. The van der Waals surface area contributed by atoms with Crippen LogP contribution in [0.4, 0.5) is 5.69 Å². The van der Waals surface area contributed by atoms with Crippen molar-refractivity contribution < 1.29 is 14.3 Å². The van der Waals surface area contributed by atoms with E-state index >= 15 is 0 Å². The predicted molar refractivity (Wildman–Crippen MR) is 104 cm³/mol. The fourth-order valence-corrected chi connectivity index (χ4v) is 3.91. The van der Waals surface area contributed by atoms with Crippen LogP contribution in [0.3, 0.4) is 0 Å². The molecule has 1 aromatic carbocycles. The zero-order valence-corrected chi connectivity index (χ0v) is 16.5. The number of para-hydroxylation sites is 1. The summed E-state index contributed by atoms with van der Waals surface area (Å²) in [7, 11) is 0. The van der Waals surface area contributed by atoms with Crippen molar-refractivity contribution in [3.63, 3.8) is 0 Å². The molecule has 0 aliphatic carbocycles. The van der Waals surface area contributed by atoms with Gasteiger partial charge < -0.3 is 19.7 Å². The third-order valence-corrected chi connectivity index (χ3v) is 5.48. The Bertz CT molecular complexity index is 600. The Morgan fingerprint density at radius 2 is 1.62 bits per heavy atom. The maximum atomic E-state index is 12.7. The van der Waals surface area contributed by atoms with Gasteiger partial charge in [0, 0.05) is 31.6 Å². The minimum atomic E-state index is -0.431. The number of carbonyl (C=O) groups excluding carboxylic acids is 1. The number of amides is 1. The molecule has 0 unspecified atom stereocenters. The zero-order chi connectivity index (χ0) is 18.7. The van der Waals surface area contributed by atoms with Crippen molar-refractivity contribution in [2.45, 2.75) is 58.2 Å². The number of hydrogen-bond acceptors (Lipinski definition) is 4. The summed E-state index contributed by atoms with van der Waals surface area (Å²) in [6.45, 7) is 11.8. The minimum absolute atomic E-state index is 0.145. The average Bonchev–Trinajstić information content (AvgIpc) is 3.07.